The van der Waals surface area contributed by atoms with Crippen LogP contribution in [0.2, 0.25) is 0 Å². The summed E-state index contributed by atoms with van der Waals surface area (Å²) >= 11 is 1.05. The number of carboxylic acids is 1. The highest BCUT2D eigenvalue weighted by atomic mass is 32.2. The van der Waals surface area contributed by atoms with Gasteiger partial charge in [0.15, 0.2) is 0 Å². The molecule has 0 rings (SSSR count). The Hall–Kier alpha value is -1.77. The standard InChI is InChI=1S/C10H17N3O5S/c1-5(4-19-13-6(2)14)9(16)12-7(10(17)18)3-8(11)15/h5,7H,3-4H2,1-2H3,(H2,11,15)(H,12,16)(H,13,14)(H,17,18)/t5?,7-/m0/s1. The molecule has 0 bridgehead atoms. The summed E-state index contributed by atoms with van der Waals surface area (Å²) in [7, 11) is 0. The first kappa shape index (κ1) is 17.2. The molecule has 0 aliphatic carbocycles. The van der Waals surface area contributed by atoms with Crippen molar-refractivity contribution in [3.63, 3.8) is 0 Å². The van der Waals surface area contributed by atoms with Gasteiger partial charge in [-0.2, -0.15) is 0 Å². The molecule has 8 nitrogen and oxygen atoms in total. The fourth-order valence-electron chi connectivity index (χ4n) is 1.06. The summed E-state index contributed by atoms with van der Waals surface area (Å²) in [6, 6.07) is -1.33. The van der Waals surface area contributed by atoms with Crippen LogP contribution in [-0.2, 0) is 19.2 Å². The van der Waals surface area contributed by atoms with E-state index >= 15 is 0 Å². The zero-order chi connectivity index (χ0) is 15.0. The third-order valence-electron chi connectivity index (χ3n) is 2.02. The number of nitrogens with one attached hydrogen (secondary N) is 2. The number of nitrogens with two attached hydrogens (primary N) is 1. The number of carbonyl (C=O) groups is 4. The number of primary amides is 1. The van der Waals surface area contributed by atoms with Crippen LogP contribution in [0.3, 0.4) is 0 Å². The maximum absolute atomic E-state index is 11.7. The first-order valence-corrected chi connectivity index (χ1v) is 6.42. The van der Waals surface area contributed by atoms with Crippen LogP contribution in [0.1, 0.15) is 20.3 Å². The van der Waals surface area contributed by atoms with Gasteiger partial charge in [-0.1, -0.05) is 6.92 Å². The van der Waals surface area contributed by atoms with Crippen molar-refractivity contribution >= 4 is 35.6 Å². The largest absolute Gasteiger partial charge is 0.480 e. The lowest BCUT2D eigenvalue weighted by atomic mass is 10.1. The molecular formula is C10H17N3O5S. The molecule has 0 aromatic heterocycles. The summed E-state index contributed by atoms with van der Waals surface area (Å²) in [6.07, 6.45) is -0.466. The second kappa shape index (κ2) is 8.35. The van der Waals surface area contributed by atoms with E-state index in [0.717, 1.165) is 11.9 Å². The molecule has 0 aromatic rings. The van der Waals surface area contributed by atoms with Gasteiger partial charge in [0.25, 0.3) is 0 Å². The quantitative estimate of drug-likeness (QED) is 0.417. The van der Waals surface area contributed by atoms with E-state index in [9.17, 15) is 19.2 Å². The predicted molar refractivity (Wildman–Crippen MR) is 68.8 cm³/mol. The third kappa shape index (κ3) is 8.03. The van der Waals surface area contributed by atoms with Crippen LogP contribution in [-0.4, -0.2) is 40.6 Å². The van der Waals surface area contributed by atoms with Gasteiger partial charge in [-0.05, 0) is 11.9 Å². The lowest BCUT2D eigenvalue weighted by molar-refractivity contribution is -0.143. The Morgan fingerprint density at radius 3 is 2.32 bits per heavy atom. The molecule has 0 aromatic carbocycles. The second-order valence-electron chi connectivity index (χ2n) is 3.94. The first-order valence-electron chi connectivity index (χ1n) is 5.44. The van der Waals surface area contributed by atoms with Crippen molar-refractivity contribution in [2.75, 3.05) is 5.75 Å². The van der Waals surface area contributed by atoms with Crippen LogP contribution in [0.15, 0.2) is 0 Å². The summed E-state index contributed by atoms with van der Waals surface area (Å²) in [5.74, 6) is -3.14. The van der Waals surface area contributed by atoms with Crippen molar-refractivity contribution in [2.45, 2.75) is 26.3 Å². The normalized spacial score (nSPS) is 13.2. The zero-order valence-electron chi connectivity index (χ0n) is 10.6. The molecule has 1 unspecified atom stereocenters. The van der Waals surface area contributed by atoms with Gasteiger partial charge >= 0.3 is 5.97 Å². The average molecular weight is 291 g/mol. The highest BCUT2D eigenvalue weighted by Crippen LogP contribution is 2.06. The van der Waals surface area contributed by atoms with Crippen LogP contribution in [0.5, 0.6) is 0 Å². The van der Waals surface area contributed by atoms with Crippen LogP contribution < -0.4 is 15.8 Å². The number of amides is 3. The van der Waals surface area contributed by atoms with Crippen molar-refractivity contribution in [3.05, 3.63) is 0 Å². The molecule has 9 heteroatoms. The van der Waals surface area contributed by atoms with Gasteiger partial charge in [-0.25, -0.2) is 4.79 Å². The van der Waals surface area contributed by atoms with Crippen molar-refractivity contribution in [1.82, 2.24) is 10.0 Å². The van der Waals surface area contributed by atoms with Crippen molar-refractivity contribution in [1.29, 1.82) is 0 Å². The Labute approximate surface area is 114 Å². The van der Waals surface area contributed by atoms with Crippen LogP contribution in [0, 0.1) is 5.92 Å². The van der Waals surface area contributed by atoms with Crippen molar-refractivity contribution in [2.24, 2.45) is 11.7 Å². The predicted octanol–water partition coefficient (Wildman–Crippen LogP) is -1.15. The highest BCUT2D eigenvalue weighted by molar-refractivity contribution is 7.97. The molecule has 5 N–H and O–H groups in total. The van der Waals surface area contributed by atoms with Crippen molar-refractivity contribution < 1.29 is 24.3 Å². The highest BCUT2D eigenvalue weighted by Gasteiger charge is 2.24. The van der Waals surface area contributed by atoms with E-state index in [0.29, 0.717) is 0 Å². The van der Waals surface area contributed by atoms with Gasteiger partial charge in [0.05, 0.1) is 6.42 Å². The number of rotatable bonds is 8. The molecule has 0 saturated heterocycles. The average Bonchev–Trinajstić information content (AvgIpc) is 2.26. The summed E-state index contributed by atoms with van der Waals surface area (Å²) in [5, 5.41) is 11.0. The summed E-state index contributed by atoms with van der Waals surface area (Å²) in [4.78, 5) is 43.8. The van der Waals surface area contributed by atoms with Gasteiger partial charge < -0.3 is 20.9 Å². The maximum Gasteiger partial charge on any atom is 0.326 e. The minimum absolute atomic E-state index is 0.241. The molecule has 0 aliphatic heterocycles. The lowest BCUT2D eigenvalue weighted by Gasteiger charge is -2.16. The molecule has 0 aliphatic rings. The summed E-state index contributed by atoms with van der Waals surface area (Å²) < 4.78 is 2.45. The molecular weight excluding hydrogens is 274 g/mol. The van der Waals surface area contributed by atoms with E-state index in [-0.39, 0.29) is 11.7 Å². The zero-order valence-corrected chi connectivity index (χ0v) is 11.5. The van der Waals surface area contributed by atoms with E-state index in [1.807, 2.05) is 0 Å². The van der Waals surface area contributed by atoms with Crippen LogP contribution >= 0.6 is 11.9 Å². The van der Waals surface area contributed by atoms with E-state index in [2.05, 4.69) is 10.0 Å². The fraction of sp³-hybridized carbons (Fsp3) is 0.600. The minimum atomic E-state index is -1.33. The van der Waals surface area contributed by atoms with E-state index < -0.39 is 36.2 Å². The monoisotopic (exact) mass is 291 g/mol. The molecule has 0 saturated carbocycles. The number of hydrogen-bond acceptors (Lipinski definition) is 5. The van der Waals surface area contributed by atoms with E-state index in [4.69, 9.17) is 10.8 Å². The van der Waals surface area contributed by atoms with E-state index in [1.54, 1.807) is 6.92 Å². The van der Waals surface area contributed by atoms with Crippen molar-refractivity contribution in [3.8, 4) is 0 Å². The molecule has 0 heterocycles. The number of hydrogen-bond donors (Lipinski definition) is 4. The fourth-order valence-corrected chi connectivity index (χ4v) is 1.75. The Balaban J connectivity index is 4.27. The third-order valence-corrected chi connectivity index (χ3v) is 3.12. The van der Waals surface area contributed by atoms with Gasteiger partial charge in [0, 0.05) is 18.6 Å². The smallest absolute Gasteiger partial charge is 0.326 e. The SMILES string of the molecule is CC(=O)NSCC(C)C(=O)N[C@@H](CC(N)=O)C(=O)O. The first-order chi connectivity index (χ1) is 8.73. The van der Waals surface area contributed by atoms with Gasteiger partial charge in [0.1, 0.15) is 6.04 Å². The van der Waals surface area contributed by atoms with Crippen LogP contribution in [0.4, 0.5) is 0 Å². The Morgan fingerprint density at radius 2 is 1.89 bits per heavy atom. The molecule has 0 radical (unpaired) electrons. The number of aliphatic carboxylic acids is 1. The summed E-state index contributed by atoms with van der Waals surface area (Å²) in [6.45, 7) is 2.92. The van der Waals surface area contributed by atoms with Gasteiger partial charge in [-0.3, -0.25) is 14.4 Å². The lowest BCUT2D eigenvalue weighted by Crippen LogP contribution is -2.45. The Morgan fingerprint density at radius 1 is 1.32 bits per heavy atom. The Bertz CT molecular complexity index is 374. The molecule has 19 heavy (non-hydrogen) atoms. The number of carbonyl (C=O) groups excluding carboxylic acids is 3. The molecule has 108 valence electrons. The molecule has 0 spiro atoms. The van der Waals surface area contributed by atoms with Gasteiger partial charge in [0.2, 0.25) is 17.7 Å². The minimum Gasteiger partial charge on any atom is -0.480 e. The van der Waals surface area contributed by atoms with Gasteiger partial charge in [-0.15, -0.1) is 0 Å². The van der Waals surface area contributed by atoms with Crippen LogP contribution in [0.25, 0.3) is 0 Å². The maximum atomic E-state index is 11.7. The Kier molecular flexibility index (Phi) is 7.57. The topological polar surface area (TPSA) is 139 Å². The number of carboxylic acid groups (broad SMARTS) is 1. The van der Waals surface area contributed by atoms with E-state index in [1.165, 1.54) is 6.92 Å². The second-order valence-corrected chi connectivity index (χ2v) is 4.77. The molecule has 3 amide bonds. The molecule has 2 atom stereocenters. The molecule has 0 fully saturated rings. The summed E-state index contributed by atoms with van der Waals surface area (Å²) in [5.41, 5.74) is 4.89.